The lowest BCUT2D eigenvalue weighted by molar-refractivity contribution is -0.0461. The SMILES string of the molecule is C/C=C/[C@H](O)C(C)(C)[C@@H]1C/C=C\[C@H]2O[C@H]2/C=C/C=C\c2nc(c[nH]2)C(=O)O[C@H](C(C)(C)[C@@H](O)/C=C/C)C/C=C\C2C[C@H]2/C=C/C=C\c2nc(c[nH]2)C(=O)O1. The number of ether oxygens (including phenoxy) is 3. The lowest BCUT2D eigenvalue weighted by Crippen LogP contribution is -2.42. The van der Waals surface area contributed by atoms with Gasteiger partial charge in [-0.1, -0.05) is 113 Å². The van der Waals surface area contributed by atoms with Crippen LogP contribution in [0.25, 0.3) is 12.2 Å². The van der Waals surface area contributed by atoms with Crippen LogP contribution in [0.2, 0.25) is 0 Å². The highest BCUT2D eigenvalue weighted by Gasteiger charge is 2.40. The Kier molecular flexibility index (Phi) is 13.4. The van der Waals surface area contributed by atoms with Crippen LogP contribution in [0.15, 0.2) is 97.5 Å². The first kappa shape index (κ1) is 40.3. The second kappa shape index (κ2) is 18.0. The fourth-order valence-corrected chi connectivity index (χ4v) is 6.19. The monoisotopic (exact) mass is 738 g/mol. The van der Waals surface area contributed by atoms with Crippen molar-refractivity contribution >= 4 is 24.1 Å². The summed E-state index contributed by atoms with van der Waals surface area (Å²) in [5.41, 5.74) is -1.27. The molecule has 2 fully saturated rings. The van der Waals surface area contributed by atoms with Gasteiger partial charge in [0.15, 0.2) is 11.4 Å². The quantitative estimate of drug-likeness (QED) is 0.136. The molecule has 288 valence electrons. The number of hydrogen-bond acceptors (Lipinski definition) is 9. The van der Waals surface area contributed by atoms with Gasteiger partial charge in [-0.2, -0.15) is 0 Å². The largest absolute Gasteiger partial charge is 0.457 e. The second-order valence-electron chi connectivity index (χ2n) is 15.2. The van der Waals surface area contributed by atoms with Crippen molar-refractivity contribution < 1.29 is 34.0 Å². The first-order valence-electron chi connectivity index (χ1n) is 18.7. The third-order valence-corrected chi connectivity index (χ3v) is 10.3. The molecule has 4 bridgehead atoms. The van der Waals surface area contributed by atoms with Crippen molar-refractivity contribution in [3.8, 4) is 0 Å². The van der Waals surface area contributed by atoms with E-state index in [2.05, 4.69) is 32.1 Å². The molecule has 5 rings (SSSR count). The molecule has 1 saturated heterocycles. The van der Waals surface area contributed by atoms with E-state index in [0.717, 1.165) is 6.42 Å². The standard InChI is InChI=1S/C43H54N4O7/c1-7-15-34(48)42(3,4)36-21-13-18-29-25-28(29)17-9-11-23-38-44-26-31(46-38)41(51)54-37(43(5,6)35(49)16-8-2)22-14-20-33-32(52-33)19-10-12-24-39-45-27-30(47-39)40(50)53-36/h7-20,23-24,26-29,32-37,48-49H,21-22,25H2,1-6H3,(H,44,46)(H,45,47)/b15-7+,16-8+,17-9+,18-13-,19-10+,20-14-,23-11-,24-12-/t28-,29?,32+,33-,34+,35+,36+,37+/m1/s1. The van der Waals surface area contributed by atoms with Crippen molar-refractivity contribution in [2.45, 2.75) is 97.4 Å². The first-order valence-corrected chi connectivity index (χ1v) is 18.7. The van der Waals surface area contributed by atoms with E-state index in [4.69, 9.17) is 14.2 Å². The van der Waals surface area contributed by atoms with Gasteiger partial charge in [0.2, 0.25) is 0 Å². The van der Waals surface area contributed by atoms with Gasteiger partial charge >= 0.3 is 11.9 Å². The summed E-state index contributed by atoms with van der Waals surface area (Å²) >= 11 is 0. The Morgan fingerprint density at radius 2 is 1.17 bits per heavy atom. The van der Waals surface area contributed by atoms with E-state index < -0.39 is 47.2 Å². The van der Waals surface area contributed by atoms with E-state index in [0.29, 0.717) is 36.3 Å². The van der Waals surface area contributed by atoms with Crippen LogP contribution in [0.3, 0.4) is 0 Å². The van der Waals surface area contributed by atoms with Gasteiger partial charge in [0.1, 0.15) is 36.1 Å². The third-order valence-electron chi connectivity index (χ3n) is 10.3. The number of allylic oxidation sites excluding steroid dienone is 8. The predicted molar refractivity (Wildman–Crippen MR) is 209 cm³/mol. The van der Waals surface area contributed by atoms with Gasteiger partial charge < -0.3 is 34.4 Å². The van der Waals surface area contributed by atoms with E-state index in [1.54, 1.807) is 42.5 Å². The summed E-state index contributed by atoms with van der Waals surface area (Å²) < 4.78 is 17.8. The summed E-state index contributed by atoms with van der Waals surface area (Å²) in [6.45, 7) is 11.2. The summed E-state index contributed by atoms with van der Waals surface area (Å²) in [4.78, 5) is 41.4. The molecule has 0 amide bonds. The maximum absolute atomic E-state index is 13.3. The molecular weight excluding hydrogens is 684 g/mol. The van der Waals surface area contributed by atoms with Gasteiger partial charge in [-0.15, -0.1) is 0 Å². The minimum absolute atomic E-state index is 0.126. The molecule has 11 nitrogen and oxygen atoms in total. The van der Waals surface area contributed by atoms with Crippen molar-refractivity contribution in [2.75, 3.05) is 0 Å². The maximum Gasteiger partial charge on any atom is 0.358 e. The molecule has 4 N–H and O–H groups in total. The number of carbonyl (C=O) groups is 2. The van der Waals surface area contributed by atoms with Gasteiger partial charge in [-0.05, 0) is 44.3 Å². The normalized spacial score (nSPS) is 30.5. The first-order chi connectivity index (χ1) is 25.8. The van der Waals surface area contributed by atoms with Gasteiger partial charge in [0.25, 0.3) is 0 Å². The second-order valence-corrected chi connectivity index (χ2v) is 15.2. The topological polar surface area (TPSA) is 163 Å². The van der Waals surface area contributed by atoms with Crippen molar-refractivity contribution in [3.05, 3.63) is 120 Å². The van der Waals surface area contributed by atoms with E-state index in [9.17, 15) is 19.8 Å². The van der Waals surface area contributed by atoms with Crippen LogP contribution in [-0.2, 0) is 14.2 Å². The lowest BCUT2D eigenvalue weighted by atomic mass is 9.79. The van der Waals surface area contributed by atoms with Crippen LogP contribution >= 0.6 is 0 Å². The highest BCUT2D eigenvalue weighted by Crippen LogP contribution is 2.41. The van der Waals surface area contributed by atoms with Gasteiger partial charge in [-0.3, -0.25) is 0 Å². The number of rotatable bonds is 6. The number of aliphatic hydroxyl groups excluding tert-OH is 2. The van der Waals surface area contributed by atoms with Crippen molar-refractivity contribution in [1.29, 1.82) is 0 Å². The van der Waals surface area contributed by atoms with Crippen molar-refractivity contribution in [2.24, 2.45) is 22.7 Å². The number of H-pyrrole nitrogens is 2. The fourth-order valence-electron chi connectivity index (χ4n) is 6.19. The highest BCUT2D eigenvalue weighted by atomic mass is 16.6. The molecule has 4 heterocycles. The summed E-state index contributed by atoms with van der Waals surface area (Å²) in [5, 5.41) is 21.8. The zero-order chi connectivity index (χ0) is 38.9. The number of esters is 2. The number of imidazole rings is 2. The molecule has 54 heavy (non-hydrogen) atoms. The van der Waals surface area contributed by atoms with Crippen LogP contribution in [0.4, 0.5) is 0 Å². The van der Waals surface area contributed by atoms with Crippen LogP contribution < -0.4 is 0 Å². The molecule has 0 spiro atoms. The molecule has 0 radical (unpaired) electrons. The Balaban J connectivity index is 1.35. The molecule has 1 saturated carbocycles. The van der Waals surface area contributed by atoms with Crippen molar-refractivity contribution in [3.63, 3.8) is 0 Å². The molecule has 2 aromatic heterocycles. The number of aliphatic hydroxyl groups is 2. The minimum atomic E-state index is -0.843. The number of nitrogens with zero attached hydrogens (tertiary/aromatic N) is 2. The summed E-state index contributed by atoms with van der Waals surface area (Å²) in [6, 6.07) is 0. The number of nitrogens with one attached hydrogen (secondary N) is 2. The molecule has 11 heteroatoms. The number of hydrogen-bond donors (Lipinski definition) is 4. The van der Waals surface area contributed by atoms with E-state index in [-0.39, 0.29) is 23.6 Å². The van der Waals surface area contributed by atoms with Gasteiger partial charge in [-0.25, -0.2) is 19.6 Å². The van der Waals surface area contributed by atoms with E-state index in [1.807, 2.05) is 84.1 Å². The Morgan fingerprint density at radius 1 is 0.704 bits per heavy atom. The number of cyclic esters (lactones) is 2. The van der Waals surface area contributed by atoms with E-state index in [1.165, 1.54) is 12.4 Å². The maximum atomic E-state index is 13.3. The van der Waals surface area contributed by atoms with Crippen LogP contribution in [0, 0.1) is 22.7 Å². The summed E-state index contributed by atoms with van der Waals surface area (Å²) in [7, 11) is 0. The molecule has 1 unspecified atom stereocenters. The van der Waals surface area contributed by atoms with Gasteiger partial charge in [0.05, 0.1) is 12.2 Å². The van der Waals surface area contributed by atoms with Gasteiger partial charge in [0, 0.05) is 36.1 Å². The number of carbonyl (C=O) groups excluding carboxylic acids is 2. The predicted octanol–water partition coefficient (Wildman–Crippen LogP) is 7.26. The smallest absolute Gasteiger partial charge is 0.358 e. The Hall–Kier alpha value is -4.84. The van der Waals surface area contributed by atoms with Crippen LogP contribution in [-0.4, -0.2) is 78.7 Å². The fraction of sp³-hybridized carbons (Fsp3) is 0.442. The lowest BCUT2D eigenvalue weighted by Gasteiger charge is -2.36. The van der Waals surface area contributed by atoms with Crippen LogP contribution in [0.1, 0.15) is 93.4 Å². The Morgan fingerprint density at radius 3 is 1.69 bits per heavy atom. The number of aromatic nitrogens is 4. The summed E-state index contributed by atoms with van der Waals surface area (Å²) in [5.74, 6) is 0.569. The number of epoxide rings is 1. The average Bonchev–Trinajstić information content (AvgIpc) is 3.93. The Labute approximate surface area is 318 Å². The van der Waals surface area contributed by atoms with Crippen LogP contribution in [0.5, 0.6) is 0 Å². The molecule has 2 aromatic rings. The molecule has 2 aliphatic heterocycles. The Bertz CT molecular complexity index is 1710. The van der Waals surface area contributed by atoms with Crippen molar-refractivity contribution in [1.82, 2.24) is 19.9 Å². The number of aromatic amines is 2. The zero-order valence-corrected chi connectivity index (χ0v) is 32.0. The molecule has 0 aromatic carbocycles. The average molecular weight is 739 g/mol. The minimum Gasteiger partial charge on any atom is -0.457 e. The highest BCUT2D eigenvalue weighted by molar-refractivity contribution is 5.88. The number of fused-ring (bicyclic) bond motifs is 6. The molecular formula is C43H54N4O7. The molecule has 3 aliphatic rings. The third kappa shape index (κ3) is 10.6. The summed E-state index contributed by atoms with van der Waals surface area (Å²) in [6.07, 6.45) is 31.7. The molecule has 8 atom stereocenters. The zero-order valence-electron chi connectivity index (χ0n) is 32.0. The molecule has 1 aliphatic carbocycles. The van der Waals surface area contributed by atoms with E-state index >= 15 is 0 Å².